The number of esters is 1. The van der Waals surface area contributed by atoms with Crippen LogP contribution in [0.15, 0.2) is 65.9 Å². The van der Waals surface area contributed by atoms with Crippen LogP contribution in [0.5, 0.6) is 0 Å². The predicted molar refractivity (Wildman–Crippen MR) is 122 cm³/mol. The highest BCUT2D eigenvalue weighted by Gasteiger charge is 2.47. The maximum atomic E-state index is 13.0. The molecule has 164 valence electrons. The molecule has 31 heavy (non-hydrogen) atoms. The number of ether oxygens (including phenoxy) is 1. The van der Waals surface area contributed by atoms with Gasteiger partial charge < -0.3 is 9.84 Å². The summed E-state index contributed by atoms with van der Waals surface area (Å²) >= 11 is 0. The van der Waals surface area contributed by atoms with Gasteiger partial charge in [-0.1, -0.05) is 82.3 Å². The van der Waals surface area contributed by atoms with Crippen LogP contribution >= 0.6 is 0 Å². The topological polar surface area (TPSA) is 63.6 Å². The SMILES string of the molecule is CC(Cc1ccc(C(C)(C)C)cc1)C(=O)C1=C(O)C(C)(CCc2ccccc2)OC1=O. The third kappa shape index (κ3) is 5.07. The molecule has 1 aliphatic rings. The van der Waals surface area contributed by atoms with Gasteiger partial charge in [0.2, 0.25) is 0 Å². The lowest BCUT2D eigenvalue weighted by Gasteiger charge is -2.23. The van der Waals surface area contributed by atoms with Crippen molar-refractivity contribution in [2.24, 2.45) is 5.92 Å². The molecule has 0 fully saturated rings. The molecule has 0 aromatic heterocycles. The molecule has 2 aromatic carbocycles. The van der Waals surface area contributed by atoms with E-state index in [-0.39, 0.29) is 22.5 Å². The minimum atomic E-state index is -1.17. The third-order valence-corrected chi connectivity index (χ3v) is 6.05. The smallest absolute Gasteiger partial charge is 0.346 e. The van der Waals surface area contributed by atoms with Gasteiger partial charge in [-0.2, -0.15) is 0 Å². The molecule has 0 saturated heterocycles. The molecule has 0 saturated carbocycles. The zero-order valence-corrected chi connectivity index (χ0v) is 19.1. The number of cyclic esters (lactones) is 1. The summed E-state index contributed by atoms with van der Waals surface area (Å²) in [5.74, 6) is -1.78. The molecule has 0 aliphatic carbocycles. The van der Waals surface area contributed by atoms with Crippen molar-refractivity contribution < 1.29 is 19.4 Å². The number of carbonyl (C=O) groups excluding carboxylic acids is 2. The van der Waals surface area contributed by atoms with Gasteiger partial charge in [-0.05, 0) is 48.3 Å². The van der Waals surface area contributed by atoms with E-state index >= 15 is 0 Å². The molecule has 2 atom stereocenters. The Labute approximate surface area is 184 Å². The molecule has 1 heterocycles. The number of hydrogen-bond donors (Lipinski definition) is 1. The maximum Gasteiger partial charge on any atom is 0.346 e. The first kappa shape index (κ1) is 22.8. The number of carbonyl (C=O) groups is 2. The summed E-state index contributed by atoms with van der Waals surface area (Å²) in [6.07, 6.45) is 1.54. The molecular formula is C27H32O4. The molecule has 1 N–H and O–H groups in total. The van der Waals surface area contributed by atoms with Gasteiger partial charge >= 0.3 is 5.97 Å². The minimum absolute atomic E-state index is 0.0639. The zero-order chi connectivity index (χ0) is 22.8. The summed E-state index contributed by atoms with van der Waals surface area (Å²) in [5.41, 5.74) is 2.02. The Kier molecular flexibility index (Phi) is 6.40. The predicted octanol–water partition coefficient (Wildman–Crippen LogP) is 5.49. The largest absolute Gasteiger partial charge is 0.507 e. The number of aryl methyl sites for hydroxylation is 1. The van der Waals surface area contributed by atoms with Crippen LogP contribution in [0.25, 0.3) is 0 Å². The lowest BCUT2D eigenvalue weighted by Crippen LogP contribution is -2.28. The molecule has 0 amide bonds. The summed E-state index contributed by atoms with van der Waals surface area (Å²) in [7, 11) is 0. The summed E-state index contributed by atoms with van der Waals surface area (Å²) < 4.78 is 5.49. The molecule has 0 spiro atoms. The van der Waals surface area contributed by atoms with E-state index < -0.39 is 17.5 Å². The van der Waals surface area contributed by atoms with E-state index in [1.54, 1.807) is 13.8 Å². The van der Waals surface area contributed by atoms with Crippen molar-refractivity contribution in [2.75, 3.05) is 0 Å². The molecule has 4 nitrogen and oxygen atoms in total. The standard InChI is InChI=1S/C27H32O4/c1-18(17-20-11-13-21(14-12-20)26(2,3)4)23(28)22-24(29)27(5,31-25(22)30)16-15-19-9-7-6-8-10-19/h6-14,18,29H,15-17H2,1-5H3. The monoisotopic (exact) mass is 420 g/mol. The second-order valence-electron chi connectivity index (χ2n) is 9.75. The van der Waals surface area contributed by atoms with Crippen molar-refractivity contribution in [3.8, 4) is 0 Å². The summed E-state index contributed by atoms with van der Waals surface area (Å²) in [5, 5.41) is 10.8. The van der Waals surface area contributed by atoms with E-state index in [2.05, 4.69) is 32.9 Å². The third-order valence-electron chi connectivity index (χ3n) is 6.05. The van der Waals surface area contributed by atoms with Gasteiger partial charge in [-0.15, -0.1) is 0 Å². The van der Waals surface area contributed by atoms with Crippen LogP contribution in [-0.4, -0.2) is 22.5 Å². The number of ketones is 1. The second kappa shape index (κ2) is 8.70. The van der Waals surface area contributed by atoms with Gasteiger partial charge in [0.1, 0.15) is 5.57 Å². The Morgan fingerprint density at radius 3 is 2.23 bits per heavy atom. The fourth-order valence-electron chi connectivity index (χ4n) is 3.91. The Morgan fingerprint density at radius 2 is 1.65 bits per heavy atom. The Morgan fingerprint density at radius 1 is 1.03 bits per heavy atom. The maximum absolute atomic E-state index is 13.0. The Bertz CT molecular complexity index is 980. The highest BCUT2D eigenvalue weighted by atomic mass is 16.6. The first-order chi connectivity index (χ1) is 14.5. The fraction of sp³-hybridized carbons (Fsp3) is 0.407. The van der Waals surface area contributed by atoms with Crippen LogP contribution in [0.4, 0.5) is 0 Å². The van der Waals surface area contributed by atoms with Gasteiger partial charge in [0, 0.05) is 5.92 Å². The summed E-state index contributed by atoms with van der Waals surface area (Å²) in [4.78, 5) is 25.5. The van der Waals surface area contributed by atoms with Crippen LogP contribution in [-0.2, 0) is 32.6 Å². The highest BCUT2D eigenvalue weighted by Crippen LogP contribution is 2.36. The quantitative estimate of drug-likeness (QED) is 0.475. The van der Waals surface area contributed by atoms with Crippen molar-refractivity contribution in [3.05, 3.63) is 82.6 Å². The van der Waals surface area contributed by atoms with E-state index in [1.807, 2.05) is 42.5 Å². The summed E-state index contributed by atoms with van der Waals surface area (Å²) in [6.45, 7) is 9.92. The van der Waals surface area contributed by atoms with Crippen LogP contribution in [0.2, 0.25) is 0 Å². The molecule has 2 aromatic rings. The molecule has 0 bridgehead atoms. The Hall–Kier alpha value is -2.88. The van der Waals surface area contributed by atoms with Crippen molar-refractivity contribution in [2.45, 2.75) is 64.9 Å². The second-order valence-corrected chi connectivity index (χ2v) is 9.75. The average molecular weight is 421 g/mol. The number of rotatable bonds is 7. The number of aliphatic hydroxyl groups excluding tert-OH is 1. The number of Topliss-reactive ketones (excluding diaryl/α,β-unsaturated/α-hetero) is 1. The highest BCUT2D eigenvalue weighted by molar-refractivity contribution is 6.20. The van der Waals surface area contributed by atoms with Crippen LogP contribution < -0.4 is 0 Å². The van der Waals surface area contributed by atoms with E-state index in [4.69, 9.17) is 4.74 Å². The number of benzene rings is 2. The number of aliphatic hydroxyl groups is 1. The lowest BCUT2D eigenvalue weighted by atomic mass is 9.85. The van der Waals surface area contributed by atoms with E-state index in [9.17, 15) is 14.7 Å². The fourth-order valence-corrected chi connectivity index (χ4v) is 3.91. The van der Waals surface area contributed by atoms with Crippen molar-refractivity contribution >= 4 is 11.8 Å². The first-order valence-corrected chi connectivity index (χ1v) is 10.9. The van der Waals surface area contributed by atoms with Gasteiger partial charge in [-0.25, -0.2) is 4.79 Å². The van der Waals surface area contributed by atoms with Crippen LogP contribution in [0, 0.1) is 5.92 Å². The van der Waals surface area contributed by atoms with E-state index in [1.165, 1.54) is 5.56 Å². The normalized spacial score (nSPS) is 20.0. The molecule has 2 unspecified atom stereocenters. The molecule has 3 rings (SSSR count). The van der Waals surface area contributed by atoms with Crippen molar-refractivity contribution in [1.82, 2.24) is 0 Å². The molecule has 1 aliphatic heterocycles. The summed E-state index contributed by atoms with van der Waals surface area (Å²) in [6, 6.07) is 18.0. The van der Waals surface area contributed by atoms with Crippen molar-refractivity contribution in [3.63, 3.8) is 0 Å². The van der Waals surface area contributed by atoms with Gasteiger partial charge in [0.25, 0.3) is 0 Å². The van der Waals surface area contributed by atoms with Gasteiger partial charge in [0.15, 0.2) is 17.1 Å². The van der Waals surface area contributed by atoms with E-state index in [0.29, 0.717) is 19.3 Å². The van der Waals surface area contributed by atoms with Crippen LogP contribution in [0.3, 0.4) is 0 Å². The number of hydrogen-bond acceptors (Lipinski definition) is 4. The Balaban J connectivity index is 1.72. The first-order valence-electron chi connectivity index (χ1n) is 10.9. The van der Waals surface area contributed by atoms with Crippen LogP contribution in [0.1, 0.15) is 57.7 Å². The molecular weight excluding hydrogens is 388 g/mol. The zero-order valence-electron chi connectivity index (χ0n) is 19.1. The lowest BCUT2D eigenvalue weighted by molar-refractivity contribution is -0.148. The molecule has 4 heteroatoms. The average Bonchev–Trinajstić information content (AvgIpc) is 2.95. The molecule has 0 radical (unpaired) electrons. The van der Waals surface area contributed by atoms with Gasteiger partial charge in [-0.3, -0.25) is 4.79 Å². The van der Waals surface area contributed by atoms with Gasteiger partial charge in [0.05, 0.1) is 0 Å². The van der Waals surface area contributed by atoms with E-state index in [0.717, 1.165) is 11.1 Å². The minimum Gasteiger partial charge on any atom is -0.507 e. The van der Waals surface area contributed by atoms with Crippen molar-refractivity contribution in [1.29, 1.82) is 0 Å².